The fourth-order valence-electron chi connectivity index (χ4n) is 2.72. The Morgan fingerprint density at radius 3 is 2.19 bits per heavy atom. The molecule has 0 spiro atoms. The summed E-state index contributed by atoms with van der Waals surface area (Å²) < 4.78 is 0. The molecule has 0 aliphatic carbocycles. The minimum atomic E-state index is -0.259. The summed E-state index contributed by atoms with van der Waals surface area (Å²) in [6, 6.07) is 8.67. The van der Waals surface area contributed by atoms with E-state index in [-0.39, 0.29) is 11.2 Å². The van der Waals surface area contributed by atoms with Gasteiger partial charge in [0.25, 0.3) is 0 Å². The molecule has 0 aliphatic heterocycles. The van der Waals surface area contributed by atoms with Gasteiger partial charge >= 0.3 is 0 Å². The van der Waals surface area contributed by atoms with Gasteiger partial charge in [-0.2, -0.15) is 0 Å². The molecule has 2 unspecified atom stereocenters. The average Bonchev–Trinajstić information content (AvgIpc) is 2.38. The topological polar surface area (TPSA) is 17.1 Å². The SMILES string of the molecule is CC(C)CCCC(C)Cc1ccc(C(C)CC(=O)Cl)cc1. The van der Waals surface area contributed by atoms with E-state index in [0.717, 1.165) is 18.3 Å². The van der Waals surface area contributed by atoms with Crippen molar-refractivity contribution in [2.24, 2.45) is 11.8 Å². The quantitative estimate of drug-likeness (QED) is 0.515. The highest BCUT2D eigenvalue weighted by atomic mass is 35.5. The molecule has 0 radical (unpaired) electrons. The summed E-state index contributed by atoms with van der Waals surface area (Å²) in [5.74, 6) is 1.74. The van der Waals surface area contributed by atoms with Crippen molar-refractivity contribution < 1.29 is 4.79 Å². The Bertz CT molecular complexity index is 422. The van der Waals surface area contributed by atoms with Gasteiger partial charge in [0.2, 0.25) is 5.24 Å². The zero-order valence-corrected chi connectivity index (χ0v) is 14.6. The van der Waals surface area contributed by atoms with Crippen molar-refractivity contribution in [2.45, 2.75) is 65.7 Å². The van der Waals surface area contributed by atoms with Crippen LogP contribution in [-0.2, 0) is 11.2 Å². The second kappa shape index (κ2) is 9.25. The number of carbonyl (C=O) groups excluding carboxylic acids is 1. The molecule has 0 bridgehead atoms. The average molecular weight is 309 g/mol. The molecule has 0 amide bonds. The van der Waals surface area contributed by atoms with Crippen LogP contribution < -0.4 is 0 Å². The summed E-state index contributed by atoms with van der Waals surface area (Å²) in [6.07, 6.45) is 5.50. The maximum Gasteiger partial charge on any atom is 0.222 e. The first-order valence-corrected chi connectivity index (χ1v) is 8.53. The first-order chi connectivity index (χ1) is 9.88. The van der Waals surface area contributed by atoms with Gasteiger partial charge in [-0.1, -0.05) is 71.2 Å². The molecule has 0 aromatic heterocycles. The lowest BCUT2D eigenvalue weighted by Gasteiger charge is -2.14. The molecule has 21 heavy (non-hydrogen) atoms. The molecule has 118 valence electrons. The van der Waals surface area contributed by atoms with Gasteiger partial charge < -0.3 is 0 Å². The molecular weight excluding hydrogens is 280 g/mol. The van der Waals surface area contributed by atoms with E-state index in [4.69, 9.17) is 11.6 Å². The van der Waals surface area contributed by atoms with Gasteiger partial charge in [0.05, 0.1) is 0 Å². The van der Waals surface area contributed by atoms with E-state index in [1.807, 2.05) is 6.92 Å². The number of carbonyl (C=O) groups is 1. The van der Waals surface area contributed by atoms with Crippen LogP contribution in [-0.4, -0.2) is 5.24 Å². The summed E-state index contributed by atoms with van der Waals surface area (Å²) in [7, 11) is 0. The van der Waals surface area contributed by atoms with Crippen molar-refractivity contribution >= 4 is 16.8 Å². The lowest BCUT2D eigenvalue weighted by Crippen LogP contribution is -2.02. The van der Waals surface area contributed by atoms with Gasteiger partial charge in [0.15, 0.2) is 0 Å². The smallest absolute Gasteiger partial charge is 0.222 e. The molecule has 2 heteroatoms. The summed E-state index contributed by atoms with van der Waals surface area (Å²) in [6.45, 7) is 8.96. The molecule has 1 rings (SSSR count). The maximum absolute atomic E-state index is 11.0. The highest BCUT2D eigenvalue weighted by Crippen LogP contribution is 2.22. The molecular formula is C19H29ClO. The Balaban J connectivity index is 2.45. The lowest BCUT2D eigenvalue weighted by atomic mass is 9.92. The number of rotatable bonds is 9. The number of benzene rings is 1. The Labute approximate surface area is 135 Å². The van der Waals surface area contributed by atoms with Crippen molar-refractivity contribution in [3.63, 3.8) is 0 Å². The molecule has 0 fully saturated rings. The standard InChI is InChI=1S/C19H29ClO/c1-14(2)6-5-7-15(3)12-17-8-10-18(11-9-17)16(4)13-19(20)21/h8-11,14-16H,5-7,12-13H2,1-4H3. The van der Waals surface area contributed by atoms with Crippen molar-refractivity contribution in [1.82, 2.24) is 0 Å². The molecule has 2 atom stereocenters. The second-order valence-electron chi connectivity index (χ2n) is 6.84. The minimum Gasteiger partial charge on any atom is -0.281 e. The van der Waals surface area contributed by atoms with E-state index in [1.54, 1.807) is 0 Å². The Kier molecular flexibility index (Phi) is 8.03. The molecule has 0 N–H and O–H groups in total. The van der Waals surface area contributed by atoms with E-state index < -0.39 is 0 Å². The van der Waals surface area contributed by atoms with E-state index in [9.17, 15) is 4.79 Å². The first kappa shape index (κ1) is 18.2. The van der Waals surface area contributed by atoms with Crippen LogP contribution >= 0.6 is 11.6 Å². The molecule has 0 aliphatic rings. The Hall–Kier alpha value is -0.820. The second-order valence-corrected chi connectivity index (χ2v) is 7.26. The predicted molar refractivity (Wildman–Crippen MR) is 91.9 cm³/mol. The van der Waals surface area contributed by atoms with E-state index in [0.29, 0.717) is 6.42 Å². The van der Waals surface area contributed by atoms with Gasteiger partial charge in [0.1, 0.15) is 0 Å². The highest BCUT2D eigenvalue weighted by Gasteiger charge is 2.10. The van der Waals surface area contributed by atoms with Crippen LogP contribution in [0.15, 0.2) is 24.3 Å². The maximum atomic E-state index is 11.0. The minimum absolute atomic E-state index is 0.201. The molecule has 1 nitrogen and oxygen atoms in total. The van der Waals surface area contributed by atoms with Gasteiger partial charge in [-0.05, 0) is 46.9 Å². The number of hydrogen-bond donors (Lipinski definition) is 0. The Morgan fingerprint density at radius 1 is 1.05 bits per heavy atom. The summed E-state index contributed by atoms with van der Waals surface area (Å²) in [5.41, 5.74) is 2.58. The van der Waals surface area contributed by atoms with Crippen molar-refractivity contribution in [2.75, 3.05) is 0 Å². The van der Waals surface area contributed by atoms with Crippen LogP contribution in [0, 0.1) is 11.8 Å². The molecule has 1 aromatic rings. The fourth-order valence-corrected chi connectivity index (χ4v) is 2.95. The van der Waals surface area contributed by atoms with Crippen molar-refractivity contribution in [1.29, 1.82) is 0 Å². The van der Waals surface area contributed by atoms with Crippen LogP contribution in [0.5, 0.6) is 0 Å². The molecule has 0 heterocycles. The zero-order chi connectivity index (χ0) is 15.8. The summed E-state index contributed by atoms with van der Waals surface area (Å²) >= 11 is 5.45. The first-order valence-electron chi connectivity index (χ1n) is 8.15. The van der Waals surface area contributed by atoms with Crippen LogP contribution in [0.1, 0.15) is 70.4 Å². The zero-order valence-electron chi connectivity index (χ0n) is 13.9. The third kappa shape index (κ3) is 7.66. The third-order valence-electron chi connectivity index (χ3n) is 4.08. The fraction of sp³-hybridized carbons (Fsp3) is 0.632. The largest absolute Gasteiger partial charge is 0.281 e. The Morgan fingerprint density at radius 2 is 1.67 bits per heavy atom. The monoisotopic (exact) mass is 308 g/mol. The van der Waals surface area contributed by atoms with E-state index in [2.05, 4.69) is 45.0 Å². The summed E-state index contributed by atoms with van der Waals surface area (Å²) in [5, 5.41) is -0.259. The predicted octanol–water partition coefficient (Wildman–Crippen LogP) is 5.95. The van der Waals surface area contributed by atoms with E-state index in [1.165, 1.54) is 30.4 Å². The highest BCUT2D eigenvalue weighted by molar-refractivity contribution is 6.63. The van der Waals surface area contributed by atoms with Crippen molar-refractivity contribution in [3.8, 4) is 0 Å². The molecule has 1 aromatic carbocycles. The van der Waals surface area contributed by atoms with E-state index >= 15 is 0 Å². The summed E-state index contributed by atoms with van der Waals surface area (Å²) in [4.78, 5) is 11.0. The van der Waals surface area contributed by atoms with Gasteiger partial charge in [-0.3, -0.25) is 4.79 Å². The van der Waals surface area contributed by atoms with Gasteiger partial charge in [-0.15, -0.1) is 0 Å². The van der Waals surface area contributed by atoms with Crippen LogP contribution in [0.4, 0.5) is 0 Å². The van der Waals surface area contributed by atoms with Crippen molar-refractivity contribution in [3.05, 3.63) is 35.4 Å². The third-order valence-corrected chi connectivity index (χ3v) is 4.23. The van der Waals surface area contributed by atoms with Gasteiger partial charge in [-0.25, -0.2) is 0 Å². The molecule has 0 saturated heterocycles. The van der Waals surface area contributed by atoms with Crippen LogP contribution in [0.25, 0.3) is 0 Å². The lowest BCUT2D eigenvalue weighted by molar-refractivity contribution is -0.111. The normalized spacial score (nSPS) is 14.2. The van der Waals surface area contributed by atoms with Crippen LogP contribution in [0.2, 0.25) is 0 Å². The van der Waals surface area contributed by atoms with Gasteiger partial charge in [0, 0.05) is 6.42 Å². The molecule has 0 saturated carbocycles. The number of hydrogen-bond acceptors (Lipinski definition) is 1. The number of halogens is 1. The van der Waals surface area contributed by atoms with Crippen LogP contribution in [0.3, 0.4) is 0 Å².